The number of fused-ring (bicyclic) bond motifs is 6. The average molecular weight is 578 g/mol. The predicted molar refractivity (Wildman–Crippen MR) is 155 cm³/mol. The van der Waals surface area contributed by atoms with Crippen LogP contribution >= 0.6 is 0 Å². The molecule has 1 unspecified atom stereocenters. The molecule has 0 radical (unpaired) electrons. The first-order valence-electron chi connectivity index (χ1n) is 14.4. The van der Waals surface area contributed by atoms with Crippen LogP contribution in [-0.2, 0) is 20.8 Å². The van der Waals surface area contributed by atoms with Crippen LogP contribution in [0.1, 0.15) is 24.8 Å². The van der Waals surface area contributed by atoms with Crippen LogP contribution in [0, 0.1) is 0 Å². The highest BCUT2D eigenvalue weighted by Gasteiger charge is 2.32. The fourth-order valence-electron chi connectivity index (χ4n) is 4.97. The van der Waals surface area contributed by atoms with Crippen LogP contribution in [0.15, 0.2) is 24.3 Å². The molecule has 2 bridgehead atoms. The van der Waals surface area contributed by atoms with E-state index in [9.17, 15) is 24.6 Å². The number of hydrogen-bond acceptors (Lipinski definition) is 11. The summed E-state index contributed by atoms with van der Waals surface area (Å²) in [4.78, 5) is 37.3. The molecule has 41 heavy (non-hydrogen) atoms. The van der Waals surface area contributed by atoms with E-state index in [2.05, 4.69) is 42.5 Å². The molecule has 0 aliphatic carbocycles. The maximum absolute atomic E-state index is 13.1. The lowest BCUT2D eigenvalue weighted by Crippen LogP contribution is -2.66. The Bertz CT molecular complexity index is 962. The third kappa shape index (κ3) is 11.9. The normalized spacial score (nSPS) is 25.5. The van der Waals surface area contributed by atoms with Gasteiger partial charge < -0.3 is 53.2 Å². The standard InChI is InChI=1S/C27H47N9O5/c28-27-18-32-10-8-29-15-26(17-31-12-13-34-27,16-30-9-11-33-19-27)36-24(39)3-1-2-23(38)35-22(25(40)41)14-20-4-6-21(37)7-5-20/h4-7,22,29-34,37H,1-3,8-19,28H2,(H,35,38)(H,36,39)(H,40,41). The second kappa shape index (κ2) is 16.6. The summed E-state index contributed by atoms with van der Waals surface area (Å²) in [7, 11) is 0. The fraction of sp³-hybridized carbons (Fsp3) is 0.667. The summed E-state index contributed by atoms with van der Waals surface area (Å²) < 4.78 is 0. The number of aliphatic carboxylic acids is 1. The van der Waals surface area contributed by atoms with E-state index in [1.165, 1.54) is 12.1 Å². The van der Waals surface area contributed by atoms with Crippen LogP contribution in [0.25, 0.3) is 0 Å². The largest absolute Gasteiger partial charge is 0.508 e. The van der Waals surface area contributed by atoms with Gasteiger partial charge in [0.05, 0.1) is 11.2 Å². The highest BCUT2D eigenvalue weighted by atomic mass is 16.4. The monoisotopic (exact) mass is 577 g/mol. The molecule has 2 aliphatic heterocycles. The first-order valence-corrected chi connectivity index (χ1v) is 14.4. The number of benzene rings is 1. The molecule has 0 aromatic heterocycles. The van der Waals surface area contributed by atoms with Crippen LogP contribution in [0.5, 0.6) is 5.75 Å². The molecule has 2 saturated heterocycles. The summed E-state index contributed by atoms with van der Waals surface area (Å²) in [5, 5.41) is 45.3. The predicted octanol–water partition coefficient (Wildman–Crippen LogP) is -3.25. The first-order chi connectivity index (χ1) is 19.7. The second-order valence-electron chi connectivity index (χ2n) is 11.0. The summed E-state index contributed by atoms with van der Waals surface area (Å²) in [6.45, 7) is 7.08. The Labute approximate surface area is 241 Å². The molecule has 230 valence electrons. The highest BCUT2D eigenvalue weighted by Crippen LogP contribution is 2.12. The van der Waals surface area contributed by atoms with Crippen LogP contribution in [0.3, 0.4) is 0 Å². The van der Waals surface area contributed by atoms with Crippen molar-refractivity contribution in [2.45, 2.75) is 42.9 Å². The van der Waals surface area contributed by atoms with Crippen molar-refractivity contribution in [1.82, 2.24) is 42.5 Å². The quantitative estimate of drug-likeness (QED) is 0.140. The molecule has 1 atom stereocenters. The Kier molecular flexibility index (Phi) is 13.2. The van der Waals surface area contributed by atoms with E-state index >= 15 is 0 Å². The van der Waals surface area contributed by atoms with Gasteiger partial charge in [-0.2, -0.15) is 0 Å². The van der Waals surface area contributed by atoms with Gasteiger partial charge in [0.15, 0.2) is 0 Å². The molecule has 2 fully saturated rings. The lowest BCUT2D eigenvalue weighted by molar-refractivity contribution is -0.141. The molecule has 0 saturated carbocycles. The summed E-state index contributed by atoms with van der Waals surface area (Å²) >= 11 is 0. The Morgan fingerprint density at radius 3 is 1.88 bits per heavy atom. The van der Waals surface area contributed by atoms with Gasteiger partial charge in [0.1, 0.15) is 11.8 Å². The van der Waals surface area contributed by atoms with Crippen molar-refractivity contribution < 1.29 is 24.6 Å². The summed E-state index contributed by atoms with van der Waals surface area (Å²) in [5.41, 5.74) is 6.09. The van der Waals surface area contributed by atoms with E-state index in [4.69, 9.17) is 5.73 Å². The molecule has 14 heteroatoms. The Morgan fingerprint density at radius 1 is 0.805 bits per heavy atom. The van der Waals surface area contributed by atoms with Gasteiger partial charge in [-0.3, -0.25) is 14.9 Å². The van der Waals surface area contributed by atoms with E-state index in [1.807, 2.05) is 0 Å². The molecule has 12 N–H and O–H groups in total. The maximum Gasteiger partial charge on any atom is 0.326 e. The van der Waals surface area contributed by atoms with Gasteiger partial charge >= 0.3 is 5.97 Å². The molecular formula is C27H47N9O5. The van der Waals surface area contributed by atoms with Crippen LogP contribution in [-0.4, -0.2) is 117 Å². The van der Waals surface area contributed by atoms with Gasteiger partial charge in [0.25, 0.3) is 0 Å². The SMILES string of the molecule is NC12CNCCNCC(NC(=O)CCCC(=O)NC(Cc3ccc(O)cc3)C(=O)O)(CNCCNC1)CNCCN2. The minimum atomic E-state index is -1.15. The van der Waals surface area contributed by atoms with Crippen LogP contribution in [0.2, 0.25) is 0 Å². The van der Waals surface area contributed by atoms with Crippen molar-refractivity contribution in [3.8, 4) is 5.75 Å². The molecule has 14 nitrogen and oxygen atoms in total. The van der Waals surface area contributed by atoms with E-state index in [-0.39, 0.29) is 37.3 Å². The number of carbonyl (C=O) groups is 3. The lowest BCUT2D eigenvalue weighted by atomic mass is 9.97. The summed E-state index contributed by atoms with van der Waals surface area (Å²) in [5.74, 6) is -1.67. The van der Waals surface area contributed by atoms with Gasteiger partial charge in [-0.1, -0.05) is 12.1 Å². The highest BCUT2D eigenvalue weighted by molar-refractivity contribution is 5.84. The number of carboxylic acids is 1. The minimum absolute atomic E-state index is 0.0262. The molecule has 1 aromatic rings. The second-order valence-corrected chi connectivity index (χ2v) is 11.0. The van der Waals surface area contributed by atoms with Crippen LogP contribution < -0.4 is 48.3 Å². The molecular weight excluding hydrogens is 530 g/mol. The number of amides is 2. The van der Waals surface area contributed by atoms with Crippen LogP contribution in [0.4, 0.5) is 0 Å². The Hall–Kier alpha value is -2.85. The zero-order chi connectivity index (χ0) is 29.6. The average Bonchev–Trinajstić information content (AvgIpc) is 2.95. The van der Waals surface area contributed by atoms with Crippen molar-refractivity contribution >= 4 is 17.8 Å². The number of phenols is 1. The summed E-state index contributed by atoms with van der Waals surface area (Å²) in [6.07, 6.45) is 0.526. The number of nitrogens with two attached hydrogens (primary N) is 1. The van der Waals surface area contributed by atoms with E-state index in [0.29, 0.717) is 64.5 Å². The summed E-state index contributed by atoms with van der Waals surface area (Å²) in [6, 6.07) is 5.06. The number of hydrogen-bond donors (Lipinski definition) is 11. The Balaban J connectivity index is 1.53. The third-order valence-electron chi connectivity index (χ3n) is 7.23. The minimum Gasteiger partial charge on any atom is -0.508 e. The number of nitrogens with one attached hydrogen (secondary N) is 8. The topological polar surface area (TPSA) is 214 Å². The van der Waals surface area contributed by atoms with Crippen molar-refractivity contribution in [2.24, 2.45) is 5.73 Å². The molecule has 2 heterocycles. The van der Waals surface area contributed by atoms with Crippen molar-refractivity contribution in [3.63, 3.8) is 0 Å². The number of phenolic OH excluding ortho intramolecular Hbond substituents is 1. The van der Waals surface area contributed by atoms with E-state index in [0.717, 1.165) is 13.1 Å². The van der Waals surface area contributed by atoms with Gasteiger partial charge in [-0.15, -0.1) is 0 Å². The number of carbonyl (C=O) groups excluding carboxylic acids is 2. The van der Waals surface area contributed by atoms with Gasteiger partial charge in [-0.05, 0) is 24.1 Å². The van der Waals surface area contributed by atoms with Gasteiger partial charge in [0.2, 0.25) is 11.8 Å². The number of aromatic hydroxyl groups is 1. The zero-order valence-corrected chi connectivity index (χ0v) is 23.7. The maximum atomic E-state index is 13.1. The molecule has 2 aliphatic rings. The molecule has 2 amide bonds. The number of carboxylic acid groups (broad SMARTS) is 1. The Morgan fingerprint density at radius 2 is 1.32 bits per heavy atom. The molecule has 3 rings (SSSR count). The van der Waals surface area contributed by atoms with Gasteiger partial charge in [0, 0.05) is 91.3 Å². The first kappa shape index (κ1) is 32.7. The molecule has 1 aromatic carbocycles. The molecule has 0 spiro atoms. The zero-order valence-electron chi connectivity index (χ0n) is 23.7. The third-order valence-corrected chi connectivity index (χ3v) is 7.23. The van der Waals surface area contributed by atoms with E-state index in [1.54, 1.807) is 12.1 Å². The van der Waals surface area contributed by atoms with Crippen molar-refractivity contribution in [2.75, 3.05) is 72.0 Å². The number of rotatable bonds is 9. The lowest BCUT2D eigenvalue weighted by Gasteiger charge is -2.36. The van der Waals surface area contributed by atoms with Gasteiger partial charge in [-0.25, -0.2) is 4.79 Å². The smallest absolute Gasteiger partial charge is 0.326 e. The fourth-order valence-corrected chi connectivity index (χ4v) is 4.97. The van der Waals surface area contributed by atoms with E-state index < -0.39 is 29.1 Å². The van der Waals surface area contributed by atoms with Crippen molar-refractivity contribution in [1.29, 1.82) is 0 Å². The van der Waals surface area contributed by atoms with Crippen molar-refractivity contribution in [3.05, 3.63) is 29.8 Å².